The van der Waals surface area contributed by atoms with Gasteiger partial charge >= 0.3 is 0 Å². The first-order valence-corrected chi connectivity index (χ1v) is 17.4. The van der Waals surface area contributed by atoms with Gasteiger partial charge in [-0.3, -0.25) is 4.79 Å². The molecule has 1 heterocycles. The number of carboxylic acid groups (broad SMARTS) is 1. The summed E-state index contributed by atoms with van der Waals surface area (Å²) in [5, 5.41) is 21.7. The minimum absolute atomic E-state index is 0.250. The van der Waals surface area contributed by atoms with Crippen LogP contribution in [0.5, 0.6) is 17.2 Å². The normalized spacial score (nSPS) is 10.8. The van der Waals surface area contributed by atoms with E-state index in [1.165, 1.54) is 0 Å². The molecule has 0 saturated carbocycles. The van der Waals surface area contributed by atoms with Crippen LogP contribution < -0.4 is 19.5 Å². The molecule has 0 spiro atoms. The molecule has 3 aromatic carbocycles. The van der Waals surface area contributed by atoms with Gasteiger partial charge in [0, 0.05) is 46.6 Å². The van der Waals surface area contributed by atoms with E-state index in [1.54, 1.807) is 21.3 Å². The fraction of sp³-hybridized carbons (Fsp3) is 0.447. The smallest absolute Gasteiger partial charge is 0.290 e. The van der Waals surface area contributed by atoms with Gasteiger partial charge in [-0.15, -0.1) is 5.10 Å². The molecule has 2 N–H and O–H groups in total. The summed E-state index contributed by atoms with van der Waals surface area (Å²) in [6.07, 6.45) is 0. The van der Waals surface area contributed by atoms with E-state index in [1.807, 2.05) is 55.5 Å². The standard InChI is InChI=1S/C37H48ClN3O9.CH2O2/c1-27-33-23-28(6-9-32(33)37(41-40-27)39-26-29-5-8-31(43-3)25-36(29)44-4)34-24-30(38)7-10-35(34)50-22-21-49-20-19-48-18-17-47-16-15-46-14-13-45-12-11-42-2;2-1-3/h5-10,23-25H,11-22,26H2,1-4H3,(H,39,41);1H,(H,2,3). The zero-order valence-electron chi connectivity index (χ0n) is 30.8. The van der Waals surface area contributed by atoms with Crippen molar-refractivity contribution in [2.45, 2.75) is 13.5 Å². The lowest BCUT2D eigenvalue weighted by atomic mass is 10.00. The van der Waals surface area contributed by atoms with Gasteiger partial charge in [-0.25, -0.2) is 0 Å². The van der Waals surface area contributed by atoms with Crippen LogP contribution in [0, 0.1) is 6.92 Å². The molecule has 290 valence electrons. The SMILES string of the molecule is COCCOCCOCCOCCOCCOCCOc1ccc(Cl)cc1-c1ccc2c(NCc3ccc(OC)cc3OC)nnc(C)c2c1.O=CO. The summed E-state index contributed by atoms with van der Waals surface area (Å²) < 4.78 is 49.5. The highest BCUT2D eigenvalue weighted by atomic mass is 35.5. The van der Waals surface area contributed by atoms with Crippen LogP contribution in [0.2, 0.25) is 5.02 Å². The molecule has 1 aromatic heterocycles. The summed E-state index contributed by atoms with van der Waals surface area (Å²) in [6, 6.07) is 17.5. The van der Waals surface area contributed by atoms with Crippen LogP contribution >= 0.6 is 11.6 Å². The molecule has 0 saturated heterocycles. The molecule has 0 amide bonds. The molecule has 15 heteroatoms. The molecular formula is C38H50ClN3O11. The van der Waals surface area contributed by atoms with E-state index in [-0.39, 0.29) is 6.47 Å². The number of halogens is 1. The maximum Gasteiger partial charge on any atom is 0.290 e. The van der Waals surface area contributed by atoms with Crippen LogP contribution in [-0.4, -0.2) is 122 Å². The number of nitrogens with one attached hydrogen (secondary N) is 1. The molecular weight excluding hydrogens is 710 g/mol. The largest absolute Gasteiger partial charge is 0.497 e. The highest BCUT2D eigenvalue weighted by Crippen LogP contribution is 2.36. The van der Waals surface area contributed by atoms with Gasteiger partial charge in [-0.05, 0) is 55.0 Å². The lowest BCUT2D eigenvalue weighted by molar-refractivity contribution is -0.122. The summed E-state index contributed by atoms with van der Waals surface area (Å²) in [4.78, 5) is 8.36. The van der Waals surface area contributed by atoms with Gasteiger partial charge in [-0.2, -0.15) is 5.10 Å². The number of ether oxygens (including phenoxy) is 9. The predicted octanol–water partition coefficient (Wildman–Crippen LogP) is 5.70. The number of benzene rings is 3. The lowest BCUT2D eigenvalue weighted by Gasteiger charge is -2.15. The van der Waals surface area contributed by atoms with Crippen LogP contribution in [0.4, 0.5) is 5.82 Å². The van der Waals surface area contributed by atoms with Gasteiger partial charge in [-0.1, -0.05) is 17.7 Å². The van der Waals surface area contributed by atoms with Crippen molar-refractivity contribution in [1.82, 2.24) is 10.2 Å². The average molecular weight is 760 g/mol. The Bertz CT molecular complexity index is 1650. The number of nitrogens with zero attached hydrogens (tertiary/aromatic N) is 2. The minimum Gasteiger partial charge on any atom is -0.497 e. The molecule has 0 radical (unpaired) electrons. The summed E-state index contributed by atoms with van der Waals surface area (Å²) >= 11 is 6.43. The first kappa shape index (κ1) is 43.1. The van der Waals surface area contributed by atoms with E-state index in [4.69, 9.17) is 64.1 Å². The zero-order chi connectivity index (χ0) is 38.1. The number of anilines is 1. The number of rotatable bonds is 25. The predicted molar refractivity (Wildman–Crippen MR) is 202 cm³/mol. The zero-order valence-corrected chi connectivity index (χ0v) is 31.5. The highest BCUT2D eigenvalue weighted by Gasteiger charge is 2.14. The Morgan fingerprint density at radius 2 is 1.28 bits per heavy atom. The number of methoxy groups -OCH3 is 3. The van der Waals surface area contributed by atoms with E-state index < -0.39 is 0 Å². The Hall–Kier alpha value is -4.28. The van der Waals surface area contributed by atoms with Crippen molar-refractivity contribution in [2.75, 3.05) is 106 Å². The van der Waals surface area contributed by atoms with E-state index >= 15 is 0 Å². The average Bonchev–Trinajstić information content (AvgIpc) is 3.17. The van der Waals surface area contributed by atoms with Crippen molar-refractivity contribution < 1.29 is 52.5 Å². The molecule has 0 unspecified atom stereocenters. The first-order valence-electron chi connectivity index (χ1n) is 17.1. The van der Waals surface area contributed by atoms with Gasteiger partial charge in [0.05, 0.1) is 92.6 Å². The van der Waals surface area contributed by atoms with Crippen molar-refractivity contribution in [3.05, 3.63) is 70.9 Å². The molecule has 4 rings (SSSR count). The Morgan fingerprint density at radius 1 is 0.679 bits per heavy atom. The summed E-state index contributed by atoms with van der Waals surface area (Å²) in [5.41, 5.74) is 3.60. The van der Waals surface area contributed by atoms with Crippen LogP contribution in [0.25, 0.3) is 21.9 Å². The lowest BCUT2D eigenvalue weighted by Crippen LogP contribution is -2.14. The molecule has 0 bridgehead atoms. The topological polar surface area (TPSA) is 158 Å². The first-order chi connectivity index (χ1) is 25.9. The van der Waals surface area contributed by atoms with Gasteiger partial charge in [0.2, 0.25) is 0 Å². The van der Waals surface area contributed by atoms with Crippen LogP contribution in [-0.2, 0) is 39.8 Å². The molecule has 0 fully saturated rings. The minimum atomic E-state index is -0.250. The molecule has 4 aromatic rings. The van der Waals surface area contributed by atoms with E-state index in [0.717, 1.165) is 44.7 Å². The Labute approximate surface area is 315 Å². The third-order valence-electron chi connectivity index (χ3n) is 7.56. The van der Waals surface area contributed by atoms with Crippen molar-refractivity contribution in [3.63, 3.8) is 0 Å². The van der Waals surface area contributed by atoms with Crippen molar-refractivity contribution in [1.29, 1.82) is 0 Å². The van der Waals surface area contributed by atoms with Crippen molar-refractivity contribution in [2.24, 2.45) is 0 Å². The molecule has 0 atom stereocenters. The van der Waals surface area contributed by atoms with E-state index in [9.17, 15) is 0 Å². The summed E-state index contributed by atoms with van der Waals surface area (Å²) in [6.45, 7) is 8.13. The number of fused-ring (bicyclic) bond motifs is 1. The fourth-order valence-corrected chi connectivity index (χ4v) is 5.12. The van der Waals surface area contributed by atoms with E-state index in [0.29, 0.717) is 102 Å². The van der Waals surface area contributed by atoms with Crippen LogP contribution in [0.3, 0.4) is 0 Å². The summed E-state index contributed by atoms with van der Waals surface area (Å²) in [5.74, 6) is 2.84. The van der Waals surface area contributed by atoms with E-state index in [2.05, 4.69) is 21.6 Å². The summed E-state index contributed by atoms with van der Waals surface area (Å²) in [7, 11) is 4.91. The second-order valence-electron chi connectivity index (χ2n) is 11.1. The van der Waals surface area contributed by atoms with Crippen LogP contribution in [0.15, 0.2) is 54.6 Å². The van der Waals surface area contributed by atoms with Crippen LogP contribution in [0.1, 0.15) is 11.3 Å². The number of aromatic nitrogens is 2. The van der Waals surface area contributed by atoms with Crippen molar-refractivity contribution in [3.8, 4) is 28.4 Å². The molecule has 0 aliphatic heterocycles. The van der Waals surface area contributed by atoms with Gasteiger partial charge in [0.1, 0.15) is 23.9 Å². The van der Waals surface area contributed by atoms with Gasteiger partial charge in [0.15, 0.2) is 5.82 Å². The molecule has 0 aliphatic carbocycles. The highest BCUT2D eigenvalue weighted by molar-refractivity contribution is 6.31. The molecule has 0 aliphatic rings. The number of carbonyl (C=O) groups is 1. The van der Waals surface area contributed by atoms with Gasteiger partial charge in [0.25, 0.3) is 6.47 Å². The fourth-order valence-electron chi connectivity index (χ4n) is 4.95. The third-order valence-corrected chi connectivity index (χ3v) is 7.80. The Morgan fingerprint density at radius 3 is 1.87 bits per heavy atom. The third kappa shape index (κ3) is 15.3. The van der Waals surface area contributed by atoms with Crippen molar-refractivity contribution >= 4 is 34.7 Å². The Kier molecular flexibility index (Phi) is 20.9. The molecule has 14 nitrogen and oxygen atoms in total. The maximum atomic E-state index is 8.36. The number of aryl methyl sites for hydroxylation is 1. The second kappa shape index (κ2) is 25.7. The van der Waals surface area contributed by atoms with Gasteiger partial charge < -0.3 is 53.1 Å². The second-order valence-corrected chi connectivity index (χ2v) is 11.5. The maximum absolute atomic E-state index is 8.36. The monoisotopic (exact) mass is 759 g/mol. The quantitative estimate of drug-likeness (QED) is 0.0627. The number of hydrogen-bond donors (Lipinski definition) is 2. The number of hydrogen-bond acceptors (Lipinski definition) is 13. The Balaban J connectivity index is 0.00000243. The molecule has 53 heavy (non-hydrogen) atoms.